The van der Waals surface area contributed by atoms with E-state index in [0.29, 0.717) is 5.15 Å². The molecule has 0 amide bonds. The van der Waals surface area contributed by atoms with Crippen LogP contribution in [0.2, 0.25) is 5.15 Å². The normalized spacial score (nSPS) is 11.1. The Hall–Kier alpha value is -1.03. The zero-order valence-corrected chi connectivity index (χ0v) is 8.67. The lowest BCUT2D eigenvalue weighted by Gasteiger charge is -1.91. The highest BCUT2D eigenvalue weighted by atomic mass is 35.5. The molecule has 0 N–H and O–H groups in total. The predicted molar refractivity (Wildman–Crippen MR) is 52.2 cm³/mol. The lowest BCUT2D eigenvalue weighted by atomic mass is 10.2. The average Bonchev–Trinajstić information content (AvgIpc) is 2.40. The molecule has 1 aromatic heterocycles. The van der Waals surface area contributed by atoms with Gasteiger partial charge in [-0.25, -0.2) is 0 Å². The van der Waals surface area contributed by atoms with Crippen LogP contribution in [-0.4, -0.2) is 23.1 Å². The minimum absolute atomic E-state index is 0.581. The van der Waals surface area contributed by atoms with Crippen molar-refractivity contribution in [1.82, 2.24) is 9.78 Å². The number of aryl methyl sites for hydroxylation is 2. The topological polar surface area (TPSA) is 39.4 Å². The Labute approximate surface area is 82.1 Å². The van der Waals surface area contributed by atoms with Crippen LogP contribution < -0.4 is 0 Å². The molecule has 72 valence electrons. The van der Waals surface area contributed by atoms with Gasteiger partial charge in [0.2, 0.25) is 0 Å². The van der Waals surface area contributed by atoms with Crippen molar-refractivity contribution in [2.75, 3.05) is 7.11 Å². The molecule has 5 heteroatoms. The van der Waals surface area contributed by atoms with Gasteiger partial charge in [0.05, 0.1) is 17.5 Å². The standard InChI is InChI=1S/C8H12ClN3O/c1-4-7-6(5-10-13-3)8(9)12(2)11-7/h5H,4H2,1-3H3/b10-5+. The molecule has 0 aliphatic carbocycles. The number of rotatable bonds is 3. The van der Waals surface area contributed by atoms with Crippen molar-refractivity contribution in [3.8, 4) is 0 Å². The highest BCUT2D eigenvalue weighted by molar-refractivity contribution is 6.32. The number of nitrogens with zero attached hydrogens (tertiary/aromatic N) is 3. The summed E-state index contributed by atoms with van der Waals surface area (Å²) in [7, 11) is 3.29. The Balaban J connectivity index is 3.08. The smallest absolute Gasteiger partial charge is 0.135 e. The molecule has 0 fully saturated rings. The molecule has 0 aliphatic rings. The number of hydrogen-bond donors (Lipinski definition) is 0. The molecule has 0 aromatic carbocycles. The third kappa shape index (κ3) is 2.01. The Kier molecular flexibility index (Phi) is 3.31. The summed E-state index contributed by atoms with van der Waals surface area (Å²) in [6, 6.07) is 0. The molecule has 0 unspecified atom stereocenters. The maximum atomic E-state index is 5.98. The quantitative estimate of drug-likeness (QED) is 0.551. The Bertz CT molecular complexity index is 319. The van der Waals surface area contributed by atoms with Gasteiger partial charge in [-0.1, -0.05) is 23.7 Å². The second kappa shape index (κ2) is 4.28. The summed E-state index contributed by atoms with van der Waals surface area (Å²) < 4.78 is 1.62. The number of aromatic nitrogens is 2. The molecule has 4 nitrogen and oxygen atoms in total. The largest absolute Gasteiger partial charge is 0.399 e. The predicted octanol–water partition coefficient (Wildman–Crippen LogP) is 1.62. The van der Waals surface area contributed by atoms with Crippen molar-refractivity contribution in [2.45, 2.75) is 13.3 Å². The lowest BCUT2D eigenvalue weighted by molar-refractivity contribution is 0.215. The van der Waals surface area contributed by atoms with Gasteiger partial charge < -0.3 is 4.84 Å². The van der Waals surface area contributed by atoms with Crippen LogP contribution in [0.5, 0.6) is 0 Å². The number of oxime groups is 1. The molecule has 0 spiro atoms. The van der Waals surface area contributed by atoms with Gasteiger partial charge in [0, 0.05) is 7.05 Å². The zero-order valence-electron chi connectivity index (χ0n) is 7.91. The van der Waals surface area contributed by atoms with Gasteiger partial charge in [0.1, 0.15) is 12.3 Å². The van der Waals surface area contributed by atoms with Crippen molar-refractivity contribution in [3.63, 3.8) is 0 Å². The number of halogens is 1. The fourth-order valence-electron chi connectivity index (χ4n) is 1.07. The molecular formula is C8H12ClN3O. The lowest BCUT2D eigenvalue weighted by Crippen LogP contribution is -1.90. The number of hydrogen-bond acceptors (Lipinski definition) is 3. The van der Waals surface area contributed by atoms with Crippen LogP contribution in [0.25, 0.3) is 0 Å². The van der Waals surface area contributed by atoms with E-state index >= 15 is 0 Å². The average molecular weight is 202 g/mol. The first-order valence-electron chi connectivity index (χ1n) is 3.98. The minimum Gasteiger partial charge on any atom is -0.399 e. The van der Waals surface area contributed by atoms with Crippen LogP contribution in [0.1, 0.15) is 18.2 Å². The van der Waals surface area contributed by atoms with E-state index in [-0.39, 0.29) is 0 Å². The highest BCUT2D eigenvalue weighted by Gasteiger charge is 2.10. The van der Waals surface area contributed by atoms with Crippen molar-refractivity contribution >= 4 is 17.8 Å². The van der Waals surface area contributed by atoms with E-state index in [0.717, 1.165) is 17.7 Å². The van der Waals surface area contributed by atoms with E-state index in [9.17, 15) is 0 Å². The van der Waals surface area contributed by atoms with Crippen molar-refractivity contribution in [2.24, 2.45) is 12.2 Å². The Morgan fingerprint density at radius 2 is 2.38 bits per heavy atom. The van der Waals surface area contributed by atoms with Gasteiger partial charge in [0.25, 0.3) is 0 Å². The monoisotopic (exact) mass is 201 g/mol. The van der Waals surface area contributed by atoms with Crippen LogP contribution in [-0.2, 0) is 18.3 Å². The first-order chi connectivity index (χ1) is 6.20. The second-order valence-corrected chi connectivity index (χ2v) is 2.90. The molecule has 0 radical (unpaired) electrons. The molecule has 13 heavy (non-hydrogen) atoms. The van der Waals surface area contributed by atoms with Gasteiger partial charge >= 0.3 is 0 Å². The van der Waals surface area contributed by atoms with Crippen molar-refractivity contribution < 1.29 is 4.84 Å². The fourth-order valence-corrected chi connectivity index (χ4v) is 1.26. The van der Waals surface area contributed by atoms with Gasteiger partial charge in [-0.15, -0.1) is 0 Å². The molecule has 1 aromatic rings. The summed E-state index contributed by atoms with van der Waals surface area (Å²) in [5.41, 5.74) is 1.75. The molecule has 1 heterocycles. The third-order valence-corrected chi connectivity index (χ3v) is 2.16. The first kappa shape index (κ1) is 10.1. The van der Waals surface area contributed by atoms with Gasteiger partial charge in [-0.2, -0.15) is 5.10 Å². The van der Waals surface area contributed by atoms with E-state index in [1.807, 2.05) is 6.92 Å². The van der Waals surface area contributed by atoms with E-state index in [1.165, 1.54) is 7.11 Å². The molecule has 0 atom stereocenters. The van der Waals surface area contributed by atoms with Gasteiger partial charge in [-0.3, -0.25) is 4.68 Å². The van der Waals surface area contributed by atoms with Gasteiger partial charge in [-0.05, 0) is 6.42 Å². The summed E-state index contributed by atoms with van der Waals surface area (Å²) in [5.74, 6) is 0. The van der Waals surface area contributed by atoms with E-state index in [1.54, 1.807) is 17.9 Å². The molecular weight excluding hydrogens is 190 g/mol. The maximum Gasteiger partial charge on any atom is 0.135 e. The van der Waals surface area contributed by atoms with E-state index < -0.39 is 0 Å². The van der Waals surface area contributed by atoms with Crippen LogP contribution in [0.3, 0.4) is 0 Å². The summed E-state index contributed by atoms with van der Waals surface area (Å²) >= 11 is 5.98. The van der Waals surface area contributed by atoms with E-state index in [4.69, 9.17) is 11.6 Å². The van der Waals surface area contributed by atoms with Crippen molar-refractivity contribution in [1.29, 1.82) is 0 Å². The summed E-state index contributed by atoms with van der Waals surface area (Å²) in [6.45, 7) is 2.02. The SMILES string of the molecule is CCc1nn(C)c(Cl)c1/C=N/OC. The van der Waals surface area contributed by atoms with Gasteiger partial charge in [0.15, 0.2) is 0 Å². The summed E-state index contributed by atoms with van der Waals surface area (Å²) in [6.07, 6.45) is 2.40. The second-order valence-electron chi connectivity index (χ2n) is 2.55. The highest BCUT2D eigenvalue weighted by Crippen LogP contribution is 2.17. The molecule has 0 bridgehead atoms. The van der Waals surface area contributed by atoms with Crippen molar-refractivity contribution in [3.05, 3.63) is 16.4 Å². The van der Waals surface area contributed by atoms with Crippen LogP contribution in [0.15, 0.2) is 5.16 Å². The molecule has 0 aliphatic heterocycles. The van der Waals surface area contributed by atoms with Crippen LogP contribution in [0, 0.1) is 0 Å². The van der Waals surface area contributed by atoms with Crippen LogP contribution >= 0.6 is 11.6 Å². The zero-order chi connectivity index (χ0) is 9.84. The maximum absolute atomic E-state index is 5.98. The van der Waals surface area contributed by atoms with Crippen LogP contribution in [0.4, 0.5) is 0 Å². The molecule has 1 rings (SSSR count). The third-order valence-electron chi connectivity index (χ3n) is 1.71. The Morgan fingerprint density at radius 1 is 1.69 bits per heavy atom. The first-order valence-corrected chi connectivity index (χ1v) is 4.36. The Morgan fingerprint density at radius 3 is 2.92 bits per heavy atom. The minimum atomic E-state index is 0.581. The summed E-state index contributed by atoms with van der Waals surface area (Å²) in [5, 5.41) is 8.46. The molecule has 0 saturated carbocycles. The fraction of sp³-hybridized carbons (Fsp3) is 0.500. The summed E-state index contributed by atoms with van der Waals surface area (Å²) in [4.78, 5) is 4.58. The van der Waals surface area contributed by atoms with E-state index in [2.05, 4.69) is 15.1 Å². The molecule has 0 saturated heterocycles.